The van der Waals surface area contributed by atoms with Gasteiger partial charge in [-0.25, -0.2) is 9.78 Å². The van der Waals surface area contributed by atoms with Crippen LogP contribution in [-0.4, -0.2) is 36.1 Å². The second-order valence-corrected chi connectivity index (χ2v) is 7.03. The van der Waals surface area contributed by atoms with E-state index in [1.165, 1.54) is 26.4 Å². The Morgan fingerprint density at radius 3 is 2.44 bits per heavy atom. The lowest BCUT2D eigenvalue weighted by molar-refractivity contribution is 0.0600. The van der Waals surface area contributed by atoms with Crippen LogP contribution in [0.5, 0.6) is 0 Å². The number of nitrogens with zero attached hydrogens (tertiary/aromatic N) is 2. The summed E-state index contributed by atoms with van der Waals surface area (Å²) in [6.07, 6.45) is 3.69. The van der Waals surface area contributed by atoms with E-state index in [-0.39, 0.29) is 5.97 Å². The summed E-state index contributed by atoms with van der Waals surface area (Å²) in [6.45, 7) is 2.83. The number of aromatic nitrogens is 1. The van der Waals surface area contributed by atoms with Gasteiger partial charge in [0.15, 0.2) is 0 Å². The van der Waals surface area contributed by atoms with Gasteiger partial charge in [-0.1, -0.05) is 55.0 Å². The summed E-state index contributed by atoms with van der Waals surface area (Å²) in [5, 5.41) is 0.857. The highest BCUT2D eigenvalue weighted by Gasteiger charge is 2.24. The number of hydrogen-bond acceptors (Lipinski definition) is 4. The fourth-order valence-corrected chi connectivity index (χ4v) is 3.92. The van der Waals surface area contributed by atoms with E-state index >= 15 is 0 Å². The number of para-hydroxylation sites is 1. The lowest BCUT2D eigenvalue weighted by atomic mass is 9.95. The smallest absolute Gasteiger partial charge is 0.338 e. The van der Waals surface area contributed by atoms with Crippen LogP contribution in [0, 0.1) is 0 Å². The Morgan fingerprint density at radius 1 is 1.00 bits per heavy atom. The van der Waals surface area contributed by atoms with Crippen molar-refractivity contribution >= 4 is 16.9 Å². The predicted octanol–water partition coefficient (Wildman–Crippen LogP) is 4.67. The maximum Gasteiger partial charge on any atom is 0.338 e. The van der Waals surface area contributed by atoms with Crippen LogP contribution in [0.4, 0.5) is 0 Å². The molecule has 1 aliphatic heterocycles. The molecule has 138 valence electrons. The molecule has 4 nitrogen and oxygen atoms in total. The first-order valence-electron chi connectivity index (χ1n) is 9.55. The van der Waals surface area contributed by atoms with Crippen LogP contribution < -0.4 is 0 Å². The molecule has 3 aromatic rings. The molecule has 1 fully saturated rings. The van der Waals surface area contributed by atoms with Crippen molar-refractivity contribution in [1.29, 1.82) is 0 Å². The van der Waals surface area contributed by atoms with Crippen LogP contribution in [0.1, 0.15) is 35.2 Å². The molecule has 0 amide bonds. The van der Waals surface area contributed by atoms with Gasteiger partial charge in [0, 0.05) is 23.1 Å². The topological polar surface area (TPSA) is 42.4 Å². The third kappa shape index (κ3) is 3.58. The van der Waals surface area contributed by atoms with E-state index < -0.39 is 0 Å². The first-order valence-corrected chi connectivity index (χ1v) is 9.55. The van der Waals surface area contributed by atoms with Crippen molar-refractivity contribution in [3.63, 3.8) is 0 Å². The lowest BCUT2D eigenvalue weighted by Gasteiger charge is -2.28. The molecule has 4 rings (SSSR count). The minimum atomic E-state index is -0.294. The van der Waals surface area contributed by atoms with E-state index in [1.54, 1.807) is 0 Å². The van der Waals surface area contributed by atoms with E-state index in [0.717, 1.165) is 40.8 Å². The van der Waals surface area contributed by atoms with Crippen LogP contribution in [0.25, 0.3) is 22.2 Å². The maximum absolute atomic E-state index is 12.8. The second kappa shape index (κ2) is 7.89. The molecule has 0 unspecified atom stereocenters. The fourth-order valence-electron chi connectivity index (χ4n) is 3.92. The summed E-state index contributed by atoms with van der Waals surface area (Å²) < 4.78 is 5.18. The molecule has 0 spiro atoms. The molecule has 0 radical (unpaired) electrons. The van der Waals surface area contributed by atoms with Crippen molar-refractivity contribution in [3.8, 4) is 11.3 Å². The molecule has 1 aromatic heterocycles. The number of benzene rings is 2. The molecule has 1 saturated heterocycles. The summed E-state index contributed by atoms with van der Waals surface area (Å²) >= 11 is 0. The monoisotopic (exact) mass is 360 g/mol. The lowest BCUT2D eigenvalue weighted by Crippen LogP contribution is -2.30. The maximum atomic E-state index is 12.8. The van der Waals surface area contributed by atoms with E-state index in [9.17, 15) is 4.79 Å². The molecule has 27 heavy (non-hydrogen) atoms. The van der Waals surface area contributed by atoms with Crippen molar-refractivity contribution in [3.05, 3.63) is 65.7 Å². The Kier molecular flexibility index (Phi) is 5.16. The first-order chi connectivity index (χ1) is 13.3. The van der Waals surface area contributed by atoms with Crippen molar-refractivity contribution < 1.29 is 9.53 Å². The zero-order valence-corrected chi connectivity index (χ0v) is 15.6. The Hall–Kier alpha value is -2.72. The van der Waals surface area contributed by atoms with E-state index in [4.69, 9.17) is 9.72 Å². The molecule has 2 heterocycles. The number of fused-ring (bicyclic) bond motifs is 1. The summed E-state index contributed by atoms with van der Waals surface area (Å²) in [6, 6.07) is 17.9. The van der Waals surface area contributed by atoms with Crippen molar-refractivity contribution in [2.24, 2.45) is 0 Å². The van der Waals surface area contributed by atoms with E-state index in [1.807, 2.05) is 42.5 Å². The summed E-state index contributed by atoms with van der Waals surface area (Å²) in [5.41, 5.74) is 4.33. The van der Waals surface area contributed by atoms with E-state index in [0.29, 0.717) is 12.1 Å². The molecule has 4 heteroatoms. The summed E-state index contributed by atoms with van der Waals surface area (Å²) in [7, 11) is 1.45. The van der Waals surface area contributed by atoms with Crippen molar-refractivity contribution in [1.82, 2.24) is 9.88 Å². The summed E-state index contributed by atoms with van der Waals surface area (Å²) in [4.78, 5) is 20.2. The van der Waals surface area contributed by atoms with Gasteiger partial charge < -0.3 is 4.74 Å². The van der Waals surface area contributed by atoms with Gasteiger partial charge in [-0.15, -0.1) is 0 Å². The number of carbonyl (C=O) groups excluding carboxylic acids is 1. The second-order valence-electron chi connectivity index (χ2n) is 7.03. The molecule has 0 aliphatic carbocycles. The largest absolute Gasteiger partial charge is 0.465 e. The van der Waals surface area contributed by atoms with Gasteiger partial charge in [0.25, 0.3) is 0 Å². The fraction of sp³-hybridized carbons (Fsp3) is 0.304. The van der Waals surface area contributed by atoms with Crippen LogP contribution in [0.2, 0.25) is 0 Å². The number of ether oxygens (including phenoxy) is 1. The summed E-state index contributed by atoms with van der Waals surface area (Å²) in [5.74, 6) is -0.294. The van der Waals surface area contributed by atoms with Crippen LogP contribution in [0.3, 0.4) is 0 Å². The highest BCUT2D eigenvalue weighted by Crippen LogP contribution is 2.32. The van der Waals surface area contributed by atoms with Gasteiger partial charge in [0.1, 0.15) is 0 Å². The average molecular weight is 360 g/mol. The van der Waals surface area contributed by atoms with Crippen molar-refractivity contribution in [2.45, 2.75) is 25.8 Å². The van der Waals surface area contributed by atoms with Gasteiger partial charge in [-0.2, -0.15) is 0 Å². The first kappa shape index (κ1) is 17.7. The highest BCUT2D eigenvalue weighted by molar-refractivity contribution is 6.06. The molecular formula is C23H24N2O2. The van der Waals surface area contributed by atoms with Gasteiger partial charge in [0.2, 0.25) is 0 Å². The Bertz CT molecular complexity index is 947. The van der Waals surface area contributed by atoms with Crippen LogP contribution in [0.15, 0.2) is 54.6 Å². The molecule has 2 aromatic carbocycles. The Balaban J connectivity index is 1.95. The minimum Gasteiger partial charge on any atom is -0.465 e. The zero-order chi connectivity index (χ0) is 18.6. The number of carbonyl (C=O) groups is 1. The number of piperidine rings is 1. The third-order valence-corrected chi connectivity index (χ3v) is 5.26. The van der Waals surface area contributed by atoms with Gasteiger partial charge in [0.05, 0.1) is 23.9 Å². The van der Waals surface area contributed by atoms with Gasteiger partial charge in [-0.3, -0.25) is 4.90 Å². The van der Waals surface area contributed by atoms with Crippen molar-refractivity contribution in [2.75, 3.05) is 20.2 Å². The molecule has 0 saturated carbocycles. The Labute approximate surface area is 159 Å². The average Bonchev–Trinajstić information content (AvgIpc) is 2.74. The standard InChI is InChI=1S/C23H24N2O2/c1-27-23(26)21-18-12-6-7-13-20(18)24-22(17-10-4-2-5-11-17)19(21)16-25-14-8-3-9-15-25/h2,4-7,10-13H,3,8-9,14-16H2,1H3. The third-order valence-electron chi connectivity index (χ3n) is 5.26. The quantitative estimate of drug-likeness (QED) is 0.634. The SMILES string of the molecule is COC(=O)c1c(CN2CCCCC2)c(-c2ccccc2)nc2ccccc12. The van der Waals surface area contributed by atoms with Crippen LogP contribution in [-0.2, 0) is 11.3 Å². The molecule has 0 bridgehead atoms. The number of hydrogen-bond donors (Lipinski definition) is 0. The number of rotatable bonds is 4. The minimum absolute atomic E-state index is 0.294. The number of pyridine rings is 1. The molecule has 0 atom stereocenters. The van der Waals surface area contributed by atoms with E-state index in [2.05, 4.69) is 17.0 Å². The molecular weight excluding hydrogens is 336 g/mol. The number of likely N-dealkylation sites (tertiary alicyclic amines) is 1. The number of esters is 1. The molecule has 0 N–H and O–H groups in total. The van der Waals surface area contributed by atoms with Crippen LogP contribution >= 0.6 is 0 Å². The van der Waals surface area contributed by atoms with Gasteiger partial charge in [-0.05, 0) is 32.0 Å². The number of methoxy groups -OCH3 is 1. The van der Waals surface area contributed by atoms with Gasteiger partial charge >= 0.3 is 5.97 Å². The zero-order valence-electron chi connectivity index (χ0n) is 15.6. The normalized spacial score (nSPS) is 15.0. The predicted molar refractivity (Wildman–Crippen MR) is 108 cm³/mol. The highest BCUT2D eigenvalue weighted by atomic mass is 16.5. The Morgan fingerprint density at radius 2 is 1.70 bits per heavy atom. The molecule has 1 aliphatic rings.